The zero-order chi connectivity index (χ0) is 59.2. The van der Waals surface area contributed by atoms with Crippen LogP contribution in [0.5, 0.6) is 28.7 Å². The van der Waals surface area contributed by atoms with E-state index in [4.69, 9.17) is 38.9 Å². The molecule has 0 bridgehead atoms. The van der Waals surface area contributed by atoms with Gasteiger partial charge in [-0.05, 0) is 116 Å². The zero-order valence-electron chi connectivity index (χ0n) is 47.3. The molecule has 21 heteroatoms. The molecule has 4 atom stereocenters. The Morgan fingerprint density at radius 2 is 1.32 bits per heavy atom. The molecule has 4 aromatic carbocycles. The van der Waals surface area contributed by atoms with Crippen LogP contribution in [0.25, 0.3) is 5.57 Å². The number of rotatable bonds is 24. The normalized spacial score (nSPS) is 18.2. The Labute approximate surface area is 486 Å². The van der Waals surface area contributed by atoms with Crippen molar-refractivity contribution in [3.63, 3.8) is 0 Å². The number of hydrogen-bond donors (Lipinski definition) is 3. The van der Waals surface area contributed by atoms with Crippen molar-refractivity contribution in [2.75, 3.05) is 39.3 Å². The SMILES string of the molecule is COc1cc2c(cc1OCCCOc1cc3c(cc1OC)C(=O)N1C=C(C4CC4)C[C@@H]1C=N3)N=CC1CC(c3ccc(NC(=O)C(C)NC(=O)C(NC(=O)CCCCCN4C(=O)C=C(Oc5ccc(C#N)cc5)C4=O)C(C)C)cc3)=CN1C2=O. The van der Waals surface area contributed by atoms with Crippen molar-refractivity contribution in [1.82, 2.24) is 25.3 Å². The van der Waals surface area contributed by atoms with Crippen LogP contribution in [0.2, 0.25) is 0 Å². The molecule has 3 unspecified atom stereocenters. The van der Waals surface area contributed by atoms with Crippen LogP contribution >= 0.6 is 0 Å². The van der Waals surface area contributed by atoms with E-state index in [9.17, 15) is 33.6 Å². The number of benzene rings is 4. The van der Waals surface area contributed by atoms with E-state index >= 15 is 0 Å². The van der Waals surface area contributed by atoms with Gasteiger partial charge in [0.05, 0.1) is 79.7 Å². The first-order valence-corrected chi connectivity index (χ1v) is 28.2. The number of fused-ring (bicyclic) bond motifs is 4. The molecular weight excluding hydrogens is 1070 g/mol. The van der Waals surface area contributed by atoms with Crippen molar-refractivity contribution in [3.8, 4) is 34.8 Å². The van der Waals surface area contributed by atoms with Gasteiger partial charge in [0.25, 0.3) is 23.6 Å². The molecule has 4 aromatic rings. The van der Waals surface area contributed by atoms with Gasteiger partial charge in [0, 0.05) is 68.5 Å². The van der Waals surface area contributed by atoms with Crippen molar-refractivity contribution in [3.05, 3.63) is 125 Å². The molecule has 1 fully saturated rings. The lowest BCUT2D eigenvalue weighted by molar-refractivity contribution is -0.138. The molecule has 21 nitrogen and oxygen atoms in total. The summed E-state index contributed by atoms with van der Waals surface area (Å²) in [5.74, 6) is -0.604. The molecule has 0 radical (unpaired) electrons. The summed E-state index contributed by atoms with van der Waals surface area (Å²) in [7, 11) is 3.04. The van der Waals surface area contributed by atoms with Gasteiger partial charge in [-0.2, -0.15) is 5.26 Å². The highest BCUT2D eigenvalue weighted by Crippen LogP contribution is 2.45. The van der Waals surface area contributed by atoms with Crippen molar-refractivity contribution in [1.29, 1.82) is 5.26 Å². The molecule has 7 amide bonds. The van der Waals surface area contributed by atoms with Gasteiger partial charge < -0.3 is 49.4 Å². The van der Waals surface area contributed by atoms with Crippen molar-refractivity contribution in [2.45, 2.75) is 103 Å². The molecule has 1 aliphatic carbocycles. The maximum Gasteiger partial charge on any atom is 0.296 e. The monoisotopic (exact) mass is 1140 g/mol. The fourth-order valence-corrected chi connectivity index (χ4v) is 10.5. The average Bonchev–Trinajstić information content (AvgIpc) is 3.75. The molecule has 10 rings (SSSR count). The number of carbonyl (C=O) groups excluding carboxylic acids is 7. The number of nitriles is 1. The number of anilines is 1. The van der Waals surface area contributed by atoms with Gasteiger partial charge in [0.2, 0.25) is 17.7 Å². The third-order valence-corrected chi connectivity index (χ3v) is 15.4. The summed E-state index contributed by atoms with van der Waals surface area (Å²) in [5, 5.41) is 17.3. The molecular formula is C63H65N9O12. The molecule has 84 heavy (non-hydrogen) atoms. The van der Waals surface area contributed by atoms with E-state index in [1.807, 2.05) is 36.8 Å². The van der Waals surface area contributed by atoms with Crippen LogP contribution in [0.15, 0.2) is 113 Å². The van der Waals surface area contributed by atoms with Crippen LogP contribution in [0.4, 0.5) is 17.1 Å². The fourth-order valence-electron chi connectivity index (χ4n) is 10.5. The van der Waals surface area contributed by atoms with E-state index in [0.29, 0.717) is 101 Å². The molecule has 434 valence electrons. The Bertz CT molecular complexity index is 3490. The molecule has 1 saturated carbocycles. The fraction of sp³-hybridized carbons (Fsp3) is 0.365. The summed E-state index contributed by atoms with van der Waals surface area (Å²) in [6.07, 6.45) is 14.2. The van der Waals surface area contributed by atoms with Gasteiger partial charge in [-0.25, -0.2) is 0 Å². The number of hydrogen-bond acceptors (Lipinski definition) is 15. The predicted octanol–water partition coefficient (Wildman–Crippen LogP) is 8.10. The highest BCUT2D eigenvalue weighted by atomic mass is 16.5. The average molecular weight is 1140 g/mol. The minimum atomic E-state index is -0.952. The first kappa shape index (κ1) is 57.6. The Balaban J connectivity index is 0.657. The lowest BCUT2D eigenvalue weighted by Gasteiger charge is -2.24. The lowest BCUT2D eigenvalue weighted by Crippen LogP contribution is -2.53. The maximum atomic E-state index is 14.1. The predicted molar refractivity (Wildman–Crippen MR) is 310 cm³/mol. The zero-order valence-corrected chi connectivity index (χ0v) is 47.3. The van der Waals surface area contributed by atoms with E-state index in [1.165, 1.54) is 44.8 Å². The van der Waals surface area contributed by atoms with Crippen molar-refractivity contribution >= 4 is 76.4 Å². The summed E-state index contributed by atoms with van der Waals surface area (Å²) in [6, 6.07) is 19.8. The van der Waals surface area contributed by atoms with E-state index < -0.39 is 35.7 Å². The second kappa shape index (κ2) is 25.3. The number of aliphatic imine (C=N–C) groups is 2. The van der Waals surface area contributed by atoms with Crippen LogP contribution in [-0.4, -0.2) is 127 Å². The third-order valence-electron chi connectivity index (χ3n) is 15.4. The highest BCUT2D eigenvalue weighted by Gasteiger charge is 2.39. The van der Waals surface area contributed by atoms with Crippen LogP contribution < -0.4 is 39.6 Å². The Morgan fingerprint density at radius 3 is 1.92 bits per heavy atom. The van der Waals surface area contributed by atoms with Crippen LogP contribution in [-0.2, 0) is 24.0 Å². The summed E-state index contributed by atoms with van der Waals surface area (Å²) >= 11 is 0. The second-order valence-electron chi connectivity index (χ2n) is 21.7. The number of amides is 7. The highest BCUT2D eigenvalue weighted by molar-refractivity contribution is 6.15. The van der Waals surface area contributed by atoms with Crippen LogP contribution in [0.3, 0.4) is 0 Å². The Kier molecular flexibility index (Phi) is 17.3. The van der Waals surface area contributed by atoms with Gasteiger partial charge in [0.1, 0.15) is 17.8 Å². The largest absolute Gasteiger partial charge is 0.493 e. The summed E-state index contributed by atoms with van der Waals surface area (Å²) in [4.78, 5) is 107. The third kappa shape index (κ3) is 12.9. The summed E-state index contributed by atoms with van der Waals surface area (Å²) in [5.41, 5.74) is 5.73. The van der Waals surface area contributed by atoms with Gasteiger partial charge >= 0.3 is 0 Å². The standard InChI is InChI=1S/C63H65N9O12/c1-36(2)58(69-56(73)10-7-6-8-21-70-57(74)30-55(63(70)79)84-46-19-11-38(31-64)12-20-46)60(76)67-37(3)59(75)68-43-17-15-40(16-18-43)42-25-45-33-66-50-29-54(52(81-5)27-48(50)62(78)72(45)35-42)83-23-9-22-82-53-28-49-47(26-51(53)80-4)61(77)71-34-41(39-13-14-39)24-44(71)32-65-49/h11-12,15-20,26-30,32-37,39,44-45,58H,6-10,13-14,21-25H2,1-5H3,(H,67,76)(H,68,75)(H,69,73)/t37?,44-,45?,58?/m1/s1. The Morgan fingerprint density at radius 1 is 0.702 bits per heavy atom. The molecule has 0 saturated heterocycles. The van der Waals surface area contributed by atoms with E-state index in [2.05, 4.69) is 16.0 Å². The lowest BCUT2D eigenvalue weighted by atomic mass is 10.0. The van der Waals surface area contributed by atoms with Gasteiger partial charge in [-0.1, -0.05) is 32.4 Å². The van der Waals surface area contributed by atoms with Gasteiger partial charge in [-0.3, -0.25) is 48.4 Å². The number of unbranched alkanes of at least 4 members (excludes halogenated alkanes) is 2. The van der Waals surface area contributed by atoms with E-state index in [-0.39, 0.29) is 67.7 Å². The molecule has 3 N–H and O–H groups in total. The number of methoxy groups -OCH3 is 2. The smallest absolute Gasteiger partial charge is 0.296 e. The Hall–Kier alpha value is -9.58. The number of carbonyl (C=O) groups is 7. The molecule has 5 aliphatic heterocycles. The van der Waals surface area contributed by atoms with Crippen LogP contribution in [0, 0.1) is 23.2 Å². The van der Waals surface area contributed by atoms with Gasteiger partial charge in [-0.15, -0.1) is 0 Å². The van der Waals surface area contributed by atoms with Crippen LogP contribution in [0.1, 0.15) is 110 Å². The molecule has 6 aliphatic rings. The minimum absolute atomic E-state index is 0.0969. The first-order valence-electron chi connectivity index (χ1n) is 28.2. The first-order chi connectivity index (χ1) is 40.6. The number of nitrogens with zero attached hydrogens (tertiary/aromatic N) is 6. The maximum absolute atomic E-state index is 14.1. The van der Waals surface area contributed by atoms with Crippen molar-refractivity contribution < 1.29 is 57.2 Å². The number of ether oxygens (including phenoxy) is 5. The summed E-state index contributed by atoms with van der Waals surface area (Å²) < 4.78 is 29.2. The minimum Gasteiger partial charge on any atom is -0.493 e. The van der Waals surface area contributed by atoms with E-state index in [1.54, 1.807) is 85.3 Å². The number of imide groups is 1. The quantitative estimate of drug-likeness (QED) is 0.0443. The molecule has 0 aromatic heterocycles. The molecule has 0 spiro atoms. The van der Waals surface area contributed by atoms with E-state index in [0.717, 1.165) is 28.5 Å². The topological polar surface area (TPSA) is 260 Å². The van der Waals surface area contributed by atoms with Gasteiger partial charge in [0.15, 0.2) is 28.8 Å². The van der Waals surface area contributed by atoms with Crippen molar-refractivity contribution in [2.24, 2.45) is 21.8 Å². The summed E-state index contributed by atoms with van der Waals surface area (Å²) in [6.45, 7) is 5.79. The number of nitrogens with one attached hydrogen (secondary N) is 3. The second-order valence-corrected chi connectivity index (χ2v) is 21.7. The molecule has 5 heterocycles.